The molecule has 0 spiro atoms. The molecule has 1 aromatic carbocycles. The predicted octanol–water partition coefficient (Wildman–Crippen LogP) is 1.26. The molecule has 0 aliphatic rings. The molecule has 1 heterocycles. The molecule has 0 fully saturated rings. The van der Waals surface area contributed by atoms with E-state index in [4.69, 9.17) is 10.5 Å². The van der Waals surface area contributed by atoms with Crippen LogP contribution in [0.3, 0.4) is 0 Å². The van der Waals surface area contributed by atoms with E-state index < -0.39 is 0 Å². The summed E-state index contributed by atoms with van der Waals surface area (Å²) in [6.07, 6.45) is 3.29. The Morgan fingerprint density at radius 1 is 1.47 bits per heavy atom. The van der Waals surface area contributed by atoms with Gasteiger partial charge in [0.05, 0.1) is 5.69 Å². The molecule has 2 aromatic rings. The highest BCUT2D eigenvalue weighted by Gasteiger charge is 2.12. The first kappa shape index (κ1) is 11.2. The first-order valence-corrected chi connectivity index (χ1v) is 5.16. The van der Waals surface area contributed by atoms with E-state index >= 15 is 0 Å². The molecule has 0 unspecified atom stereocenters. The summed E-state index contributed by atoms with van der Waals surface area (Å²) < 4.78 is 7.00. The number of carbonyl (C=O) groups is 1. The number of nitrogen functional groups attached to an aromatic ring is 1. The van der Waals surface area contributed by atoms with Gasteiger partial charge in [0.1, 0.15) is 5.75 Å². The highest BCUT2D eigenvalue weighted by Crippen LogP contribution is 2.19. The zero-order chi connectivity index (χ0) is 12.3. The van der Waals surface area contributed by atoms with Crippen LogP contribution in [0.2, 0.25) is 0 Å². The van der Waals surface area contributed by atoms with Crippen molar-refractivity contribution in [2.24, 2.45) is 7.05 Å². The molecule has 5 heteroatoms. The van der Waals surface area contributed by atoms with Crippen molar-refractivity contribution in [1.82, 2.24) is 9.55 Å². The topological polar surface area (TPSA) is 70.1 Å². The molecule has 0 aliphatic carbocycles. The molecular weight excluding hydrogens is 218 g/mol. The summed E-state index contributed by atoms with van der Waals surface area (Å²) in [5.41, 5.74) is 6.21. The minimum atomic E-state index is -0.180. The van der Waals surface area contributed by atoms with Crippen molar-refractivity contribution >= 4 is 11.5 Å². The fourth-order valence-corrected chi connectivity index (χ4v) is 1.45. The number of rotatable bonds is 4. The number of ketones is 1. The molecule has 0 atom stereocenters. The number of Topliss-reactive ketones (excluding diaryl/α,β-unsaturated/α-hetero) is 1. The number of ether oxygens (including phenoxy) is 1. The summed E-state index contributed by atoms with van der Waals surface area (Å²) in [5.74, 6) is 0.704. The number of imidazole rings is 1. The van der Waals surface area contributed by atoms with Gasteiger partial charge in [-0.1, -0.05) is 12.1 Å². The van der Waals surface area contributed by atoms with Crippen molar-refractivity contribution in [3.8, 4) is 5.75 Å². The maximum absolute atomic E-state index is 11.8. The van der Waals surface area contributed by atoms with E-state index in [1.54, 1.807) is 42.2 Å². The first-order valence-electron chi connectivity index (χ1n) is 5.16. The van der Waals surface area contributed by atoms with Gasteiger partial charge in [-0.2, -0.15) is 0 Å². The number of hydrogen-bond acceptors (Lipinski definition) is 4. The van der Waals surface area contributed by atoms with Gasteiger partial charge < -0.3 is 15.0 Å². The van der Waals surface area contributed by atoms with Gasteiger partial charge in [-0.25, -0.2) is 4.98 Å². The summed E-state index contributed by atoms with van der Waals surface area (Å²) >= 11 is 0. The van der Waals surface area contributed by atoms with Crippen LogP contribution in [0.25, 0.3) is 0 Å². The Bertz CT molecular complexity index is 534. The van der Waals surface area contributed by atoms with Crippen LogP contribution in [-0.4, -0.2) is 21.9 Å². The Morgan fingerprint density at radius 2 is 2.24 bits per heavy atom. The number of aromatic nitrogens is 2. The number of anilines is 1. The van der Waals surface area contributed by atoms with Crippen LogP contribution in [0.5, 0.6) is 5.75 Å². The zero-order valence-corrected chi connectivity index (χ0v) is 9.46. The van der Waals surface area contributed by atoms with Crippen molar-refractivity contribution in [2.75, 3.05) is 12.3 Å². The van der Waals surface area contributed by atoms with E-state index in [-0.39, 0.29) is 12.4 Å². The number of nitrogens with two attached hydrogens (primary N) is 1. The van der Waals surface area contributed by atoms with E-state index in [0.717, 1.165) is 0 Å². The van der Waals surface area contributed by atoms with Crippen LogP contribution in [-0.2, 0) is 7.05 Å². The van der Waals surface area contributed by atoms with Crippen LogP contribution in [0.15, 0.2) is 36.7 Å². The number of hydrogen-bond donors (Lipinski definition) is 1. The molecule has 0 saturated heterocycles. The molecule has 0 bridgehead atoms. The molecule has 0 aliphatic heterocycles. The Kier molecular flexibility index (Phi) is 3.09. The summed E-state index contributed by atoms with van der Waals surface area (Å²) in [7, 11) is 1.76. The van der Waals surface area contributed by atoms with Gasteiger partial charge in [-0.15, -0.1) is 0 Å². The minimum Gasteiger partial charge on any atom is -0.483 e. The number of para-hydroxylation sites is 2. The van der Waals surface area contributed by atoms with Crippen molar-refractivity contribution in [3.05, 3.63) is 42.5 Å². The van der Waals surface area contributed by atoms with Gasteiger partial charge in [0.15, 0.2) is 12.4 Å². The van der Waals surface area contributed by atoms with Crippen LogP contribution < -0.4 is 10.5 Å². The second-order valence-corrected chi connectivity index (χ2v) is 3.61. The lowest BCUT2D eigenvalue weighted by Gasteiger charge is -2.07. The quantitative estimate of drug-likeness (QED) is 0.635. The summed E-state index contributed by atoms with van der Waals surface area (Å²) in [6.45, 7) is -0.0704. The summed E-state index contributed by atoms with van der Waals surface area (Å²) in [6, 6.07) is 7.06. The average Bonchev–Trinajstić information content (AvgIpc) is 2.74. The normalized spacial score (nSPS) is 10.2. The lowest BCUT2D eigenvalue weighted by Crippen LogP contribution is -2.16. The Hall–Kier alpha value is -2.30. The second-order valence-electron chi connectivity index (χ2n) is 3.61. The van der Waals surface area contributed by atoms with E-state index in [1.165, 1.54) is 0 Å². The van der Waals surface area contributed by atoms with Crippen LogP contribution >= 0.6 is 0 Å². The summed E-state index contributed by atoms with van der Waals surface area (Å²) in [5, 5.41) is 0. The molecular formula is C12H13N3O2. The largest absolute Gasteiger partial charge is 0.483 e. The predicted molar refractivity (Wildman–Crippen MR) is 63.9 cm³/mol. The third-order valence-corrected chi connectivity index (χ3v) is 2.35. The second kappa shape index (κ2) is 4.69. The molecule has 5 nitrogen and oxygen atoms in total. The fraction of sp³-hybridized carbons (Fsp3) is 0.167. The standard InChI is InChI=1S/C12H13N3O2/c1-15-7-6-14-12(15)10(16)8-17-11-5-3-2-4-9(11)13/h2-7H,8,13H2,1H3. The first-order chi connectivity index (χ1) is 8.18. The van der Waals surface area contributed by atoms with Gasteiger partial charge in [-0.05, 0) is 12.1 Å². The van der Waals surface area contributed by atoms with E-state index in [1.807, 2.05) is 6.07 Å². The van der Waals surface area contributed by atoms with E-state index in [0.29, 0.717) is 17.3 Å². The molecule has 0 radical (unpaired) electrons. The smallest absolute Gasteiger partial charge is 0.235 e. The highest BCUT2D eigenvalue weighted by atomic mass is 16.5. The van der Waals surface area contributed by atoms with Crippen molar-refractivity contribution in [2.45, 2.75) is 0 Å². The number of carbonyl (C=O) groups excluding carboxylic acids is 1. The Balaban J connectivity index is 2.02. The molecule has 0 saturated carbocycles. The Labute approximate surface area is 98.8 Å². The maximum Gasteiger partial charge on any atom is 0.235 e. The van der Waals surface area contributed by atoms with Crippen LogP contribution in [0, 0.1) is 0 Å². The highest BCUT2D eigenvalue weighted by molar-refractivity contribution is 5.94. The zero-order valence-electron chi connectivity index (χ0n) is 9.46. The third-order valence-electron chi connectivity index (χ3n) is 2.35. The molecule has 0 amide bonds. The molecule has 88 valence electrons. The number of aryl methyl sites for hydroxylation is 1. The fourth-order valence-electron chi connectivity index (χ4n) is 1.45. The molecule has 1 aromatic heterocycles. The molecule has 17 heavy (non-hydrogen) atoms. The minimum absolute atomic E-state index is 0.0704. The summed E-state index contributed by atoms with van der Waals surface area (Å²) in [4.78, 5) is 15.7. The van der Waals surface area contributed by atoms with Crippen molar-refractivity contribution in [3.63, 3.8) is 0 Å². The van der Waals surface area contributed by atoms with Crippen LogP contribution in [0.4, 0.5) is 5.69 Å². The van der Waals surface area contributed by atoms with E-state index in [2.05, 4.69) is 4.98 Å². The number of nitrogens with zero attached hydrogens (tertiary/aromatic N) is 2. The average molecular weight is 231 g/mol. The monoisotopic (exact) mass is 231 g/mol. The molecule has 2 N–H and O–H groups in total. The SMILES string of the molecule is Cn1ccnc1C(=O)COc1ccccc1N. The van der Waals surface area contributed by atoms with Gasteiger partial charge in [0.2, 0.25) is 5.78 Å². The molecule has 2 rings (SSSR count). The van der Waals surface area contributed by atoms with E-state index in [9.17, 15) is 4.79 Å². The lowest BCUT2D eigenvalue weighted by atomic mass is 10.3. The van der Waals surface area contributed by atoms with Gasteiger partial charge in [0.25, 0.3) is 0 Å². The van der Waals surface area contributed by atoms with Crippen molar-refractivity contribution < 1.29 is 9.53 Å². The lowest BCUT2D eigenvalue weighted by molar-refractivity contribution is 0.0908. The van der Waals surface area contributed by atoms with Crippen LogP contribution in [0.1, 0.15) is 10.6 Å². The van der Waals surface area contributed by atoms with Gasteiger partial charge in [-0.3, -0.25) is 4.79 Å². The van der Waals surface area contributed by atoms with Crippen molar-refractivity contribution in [1.29, 1.82) is 0 Å². The maximum atomic E-state index is 11.8. The Morgan fingerprint density at radius 3 is 2.88 bits per heavy atom. The van der Waals surface area contributed by atoms with Gasteiger partial charge in [0, 0.05) is 19.4 Å². The number of benzene rings is 1. The third kappa shape index (κ3) is 2.44. The van der Waals surface area contributed by atoms with Gasteiger partial charge >= 0.3 is 0 Å².